The number of aliphatic hydroxyl groups is 1. The van der Waals surface area contributed by atoms with Crippen molar-refractivity contribution in [3.8, 4) is 0 Å². The molecule has 88 valence electrons. The largest absolute Gasteiger partial charge is 0.395 e. The summed E-state index contributed by atoms with van der Waals surface area (Å²) in [6.45, 7) is 5.25. The van der Waals surface area contributed by atoms with Crippen molar-refractivity contribution < 1.29 is 9.84 Å². The molecule has 0 aromatic carbocycles. The lowest BCUT2D eigenvalue weighted by Crippen LogP contribution is -2.57. The number of hydrogen-bond donors (Lipinski definition) is 1. The van der Waals surface area contributed by atoms with Gasteiger partial charge in [-0.15, -0.1) is 0 Å². The molecule has 0 bridgehead atoms. The predicted molar refractivity (Wildman–Crippen MR) is 58.9 cm³/mol. The number of likely N-dealkylation sites (N-methyl/N-ethyl adjacent to an activating group) is 1. The summed E-state index contributed by atoms with van der Waals surface area (Å²) in [6.07, 6.45) is 2.25. The van der Waals surface area contributed by atoms with Gasteiger partial charge >= 0.3 is 0 Å². The van der Waals surface area contributed by atoms with Gasteiger partial charge < -0.3 is 14.7 Å². The third-order valence-electron chi connectivity index (χ3n) is 3.60. The van der Waals surface area contributed by atoms with E-state index < -0.39 is 0 Å². The van der Waals surface area contributed by atoms with Gasteiger partial charge in [0.2, 0.25) is 0 Å². The Morgan fingerprint density at radius 3 is 2.67 bits per heavy atom. The van der Waals surface area contributed by atoms with E-state index in [1.54, 1.807) is 0 Å². The number of nitrogens with zero attached hydrogens (tertiary/aromatic N) is 2. The Bertz CT molecular complexity index is 193. The molecule has 0 aromatic heterocycles. The molecule has 2 aliphatic heterocycles. The van der Waals surface area contributed by atoms with E-state index in [2.05, 4.69) is 16.8 Å². The van der Waals surface area contributed by atoms with Crippen LogP contribution in [-0.2, 0) is 4.74 Å². The van der Waals surface area contributed by atoms with Crippen LogP contribution in [0.5, 0.6) is 0 Å². The van der Waals surface area contributed by atoms with E-state index in [1.807, 2.05) is 0 Å². The summed E-state index contributed by atoms with van der Waals surface area (Å²) in [6, 6.07) is 0.955. The Hall–Kier alpha value is -0.160. The highest BCUT2D eigenvalue weighted by molar-refractivity contribution is 4.86. The third kappa shape index (κ3) is 2.69. The van der Waals surface area contributed by atoms with Crippen LogP contribution in [0.4, 0.5) is 0 Å². The second-order valence-electron chi connectivity index (χ2n) is 4.68. The highest BCUT2D eigenvalue weighted by Crippen LogP contribution is 2.19. The topological polar surface area (TPSA) is 35.9 Å². The minimum atomic E-state index is 0.279. The fourth-order valence-corrected chi connectivity index (χ4v) is 2.68. The van der Waals surface area contributed by atoms with E-state index in [4.69, 9.17) is 4.74 Å². The van der Waals surface area contributed by atoms with E-state index in [9.17, 15) is 5.11 Å². The summed E-state index contributed by atoms with van der Waals surface area (Å²) in [5.41, 5.74) is 0. The van der Waals surface area contributed by atoms with Crippen LogP contribution in [0.1, 0.15) is 12.8 Å². The lowest BCUT2D eigenvalue weighted by Gasteiger charge is -2.44. The van der Waals surface area contributed by atoms with Gasteiger partial charge in [-0.25, -0.2) is 0 Å². The number of piperazine rings is 1. The van der Waals surface area contributed by atoms with Crippen LogP contribution in [0.3, 0.4) is 0 Å². The first-order chi connectivity index (χ1) is 7.31. The van der Waals surface area contributed by atoms with Crippen molar-refractivity contribution in [1.29, 1.82) is 0 Å². The second-order valence-corrected chi connectivity index (χ2v) is 4.68. The van der Waals surface area contributed by atoms with Crippen LogP contribution >= 0.6 is 0 Å². The third-order valence-corrected chi connectivity index (χ3v) is 3.60. The number of rotatable bonds is 2. The molecule has 0 aliphatic carbocycles. The molecule has 0 radical (unpaired) electrons. The minimum Gasteiger partial charge on any atom is -0.395 e. The van der Waals surface area contributed by atoms with Crippen LogP contribution in [0.25, 0.3) is 0 Å². The fraction of sp³-hybridized carbons (Fsp3) is 1.00. The van der Waals surface area contributed by atoms with Gasteiger partial charge in [0.25, 0.3) is 0 Å². The summed E-state index contributed by atoms with van der Waals surface area (Å²) in [7, 11) is 2.13. The summed E-state index contributed by atoms with van der Waals surface area (Å²) in [5, 5.41) is 9.41. The number of ether oxygens (including phenoxy) is 1. The molecule has 15 heavy (non-hydrogen) atoms. The Morgan fingerprint density at radius 1 is 1.27 bits per heavy atom. The molecule has 2 fully saturated rings. The van der Waals surface area contributed by atoms with Crippen LogP contribution in [0, 0.1) is 0 Å². The molecule has 1 N–H and O–H groups in total. The molecule has 0 saturated carbocycles. The zero-order valence-electron chi connectivity index (χ0n) is 9.56. The molecule has 4 nitrogen and oxygen atoms in total. The molecule has 1 atom stereocenters. The van der Waals surface area contributed by atoms with Crippen molar-refractivity contribution in [3.63, 3.8) is 0 Å². The van der Waals surface area contributed by atoms with Crippen LogP contribution in [-0.4, -0.2) is 73.5 Å². The maximum atomic E-state index is 9.41. The van der Waals surface area contributed by atoms with E-state index >= 15 is 0 Å². The van der Waals surface area contributed by atoms with Crippen molar-refractivity contribution >= 4 is 0 Å². The SMILES string of the molecule is CN1CCN(C2CCOCC2)C(CO)C1. The maximum absolute atomic E-state index is 9.41. The van der Waals surface area contributed by atoms with Crippen LogP contribution in [0.2, 0.25) is 0 Å². The molecule has 2 aliphatic rings. The van der Waals surface area contributed by atoms with E-state index in [1.165, 1.54) is 0 Å². The molecule has 2 heterocycles. The van der Waals surface area contributed by atoms with Gasteiger partial charge in [-0.1, -0.05) is 0 Å². The first kappa shape index (κ1) is 11.3. The van der Waals surface area contributed by atoms with Crippen molar-refractivity contribution in [2.75, 3.05) is 46.5 Å². The molecule has 4 heteroatoms. The zero-order valence-corrected chi connectivity index (χ0v) is 9.56. The Morgan fingerprint density at radius 2 is 2.00 bits per heavy atom. The van der Waals surface area contributed by atoms with E-state index in [-0.39, 0.29) is 6.61 Å². The van der Waals surface area contributed by atoms with Gasteiger partial charge in [-0.2, -0.15) is 0 Å². The smallest absolute Gasteiger partial charge is 0.0599 e. The Kier molecular flexibility index (Phi) is 3.97. The predicted octanol–water partition coefficient (Wildman–Crippen LogP) is -0.226. The Balaban J connectivity index is 1.93. The van der Waals surface area contributed by atoms with E-state index in [0.29, 0.717) is 12.1 Å². The molecular formula is C11H22N2O2. The number of aliphatic hydroxyl groups excluding tert-OH is 1. The Labute approximate surface area is 91.8 Å². The average Bonchev–Trinajstić information content (AvgIpc) is 2.30. The highest BCUT2D eigenvalue weighted by Gasteiger charge is 2.31. The minimum absolute atomic E-state index is 0.279. The van der Waals surface area contributed by atoms with Crippen LogP contribution < -0.4 is 0 Å². The molecule has 1 unspecified atom stereocenters. The van der Waals surface area contributed by atoms with Gasteiger partial charge in [0.15, 0.2) is 0 Å². The zero-order chi connectivity index (χ0) is 10.7. The molecule has 2 saturated heterocycles. The summed E-state index contributed by atoms with van der Waals surface area (Å²) >= 11 is 0. The lowest BCUT2D eigenvalue weighted by atomic mass is 10.0. The summed E-state index contributed by atoms with van der Waals surface area (Å²) in [4.78, 5) is 4.79. The number of hydrogen-bond acceptors (Lipinski definition) is 4. The van der Waals surface area contributed by atoms with E-state index in [0.717, 1.165) is 45.7 Å². The molecular weight excluding hydrogens is 192 g/mol. The van der Waals surface area contributed by atoms with Crippen molar-refractivity contribution in [1.82, 2.24) is 9.80 Å². The van der Waals surface area contributed by atoms with Crippen molar-refractivity contribution in [3.05, 3.63) is 0 Å². The van der Waals surface area contributed by atoms with Gasteiger partial charge in [0, 0.05) is 44.9 Å². The highest BCUT2D eigenvalue weighted by atomic mass is 16.5. The first-order valence-electron chi connectivity index (χ1n) is 5.94. The molecule has 2 rings (SSSR count). The quantitative estimate of drug-likeness (QED) is 0.689. The lowest BCUT2D eigenvalue weighted by molar-refractivity contribution is -0.0247. The average molecular weight is 214 g/mol. The van der Waals surface area contributed by atoms with Crippen LogP contribution in [0.15, 0.2) is 0 Å². The van der Waals surface area contributed by atoms with Crippen molar-refractivity contribution in [2.45, 2.75) is 24.9 Å². The summed E-state index contributed by atoms with van der Waals surface area (Å²) < 4.78 is 5.38. The molecule has 0 spiro atoms. The van der Waals surface area contributed by atoms with Gasteiger partial charge in [-0.3, -0.25) is 4.90 Å². The van der Waals surface area contributed by atoms with Crippen molar-refractivity contribution in [2.24, 2.45) is 0 Å². The van der Waals surface area contributed by atoms with Gasteiger partial charge in [0.1, 0.15) is 0 Å². The van der Waals surface area contributed by atoms with Gasteiger partial charge in [-0.05, 0) is 19.9 Å². The second kappa shape index (κ2) is 5.25. The maximum Gasteiger partial charge on any atom is 0.0599 e. The molecule has 0 amide bonds. The summed E-state index contributed by atoms with van der Waals surface area (Å²) in [5.74, 6) is 0. The monoisotopic (exact) mass is 214 g/mol. The standard InChI is InChI=1S/C11H22N2O2/c1-12-4-5-13(11(8-12)9-14)10-2-6-15-7-3-10/h10-11,14H,2-9H2,1H3. The molecule has 0 aromatic rings. The van der Waals surface area contributed by atoms with Gasteiger partial charge in [0.05, 0.1) is 6.61 Å². The first-order valence-corrected chi connectivity index (χ1v) is 5.94. The fourth-order valence-electron chi connectivity index (χ4n) is 2.68. The normalized spacial score (nSPS) is 32.0.